The Labute approximate surface area is 161 Å². The first-order valence-corrected chi connectivity index (χ1v) is 8.85. The predicted octanol–water partition coefficient (Wildman–Crippen LogP) is 1.57. The van der Waals surface area contributed by atoms with Crippen molar-refractivity contribution < 1.29 is 9.18 Å². The Bertz CT molecular complexity index is 980. The minimum absolute atomic E-state index is 0.0319. The van der Waals surface area contributed by atoms with E-state index in [-0.39, 0.29) is 17.2 Å². The average Bonchev–Trinajstić information content (AvgIpc) is 2.69. The monoisotopic (exact) mass is 383 g/mol. The first-order valence-electron chi connectivity index (χ1n) is 8.85. The Balaban J connectivity index is 1.84. The molecule has 0 aliphatic rings. The minimum atomic E-state index is -0.771. The number of carbonyl (C=O) groups is 1. The smallest absolute Gasteiger partial charge is 0.252 e. The summed E-state index contributed by atoms with van der Waals surface area (Å²) in [4.78, 5) is 20.2. The zero-order valence-corrected chi connectivity index (χ0v) is 15.2. The van der Waals surface area contributed by atoms with Crippen LogP contribution in [0.25, 0.3) is 10.9 Å². The summed E-state index contributed by atoms with van der Waals surface area (Å²) in [5, 5.41) is 9.96. The van der Waals surface area contributed by atoms with Crippen molar-refractivity contribution in [2.75, 3.05) is 36.8 Å². The van der Waals surface area contributed by atoms with Gasteiger partial charge in [0.15, 0.2) is 11.6 Å². The third kappa shape index (κ3) is 4.70. The van der Waals surface area contributed by atoms with Gasteiger partial charge >= 0.3 is 0 Å². The first kappa shape index (κ1) is 19.5. The molecule has 3 aromatic rings. The number of amides is 1. The molecule has 0 unspecified atom stereocenters. The van der Waals surface area contributed by atoms with E-state index in [0.29, 0.717) is 31.9 Å². The van der Waals surface area contributed by atoms with Crippen molar-refractivity contribution in [1.29, 1.82) is 0 Å². The number of carbonyl (C=O) groups excluding carboxylic acids is 1. The maximum atomic E-state index is 14.3. The molecule has 9 heteroatoms. The van der Waals surface area contributed by atoms with Gasteiger partial charge < -0.3 is 27.4 Å². The van der Waals surface area contributed by atoms with Gasteiger partial charge in [0, 0.05) is 43.4 Å². The van der Waals surface area contributed by atoms with Crippen molar-refractivity contribution in [2.45, 2.75) is 0 Å². The molecule has 2 heterocycles. The summed E-state index contributed by atoms with van der Waals surface area (Å²) >= 11 is 0. The Kier molecular flexibility index (Phi) is 6.30. The number of rotatable bonds is 9. The number of pyridine rings is 2. The number of benzene rings is 1. The Morgan fingerprint density at radius 2 is 1.96 bits per heavy atom. The fraction of sp³-hybridized carbons (Fsp3) is 0.211. The summed E-state index contributed by atoms with van der Waals surface area (Å²) in [6.07, 6.45) is 1.71. The molecule has 28 heavy (non-hydrogen) atoms. The number of anilines is 3. The van der Waals surface area contributed by atoms with E-state index in [0.717, 1.165) is 17.0 Å². The van der Waals surface area contributed by atoms with Gasteiger partial charge in [0.05, 0.1) is 11.1 Å². The van der Waals surface area contributed by atoms with E-state index >= 15 is 0 Å². The molecule has 0 saturated heterocycles. The summed E-state index contributed by atoms with van der Waals surface area (Å²) < 4.78 is 14.3. The minimum Gasteiger partial charge on any atom is -0.366 e. The lowest BCUT2D eigenvalue weighted by atomic mass is 10.2. The Morgan fingerprint density at radius 1 is 1.11 bits per heavy atom. The number of halogens is 1. The first-order chi connectivity index (χ1) is 13.6. The van der Waals surface area contributed by atoms with E-state index in [1.54, 1.807) is 12.3 Å². The molecule has 0 aliphatic carbocycles. The number of nitrogens with zero attached hydrogens (tertiary/aromatic N) is 2. The van der Waals surface area contributed by atoms with Crippen molar-refractivity contribution in [1.82, 2.24) is 15.3 Å². The topological polar surface area (TPSA) is 131 Å². The van der Waals surface area contributed by atoms with Gasteiger partial charge in [-0.05, 0) is 30.3 Å². The van der Waals surface area contributed by atoms with Crippen LogP contribution >= 0.6 is 0 Å². The van der Waals surface area contributed by atoms with Gasteiger partial charge in [0.2, 0.25) is 0 Å². The number of hydrogen-bond acceptors (Lipinski definition) is 7. The van der Waals surface area contributed by atoms with Gasteiger partial charge in [-0.15, -0.1) is 0 Å². The normalized spacial score (nSPS) is 10.8. The third-order valence-corrected chi connectivity index (χ3v) is 4.02. The number of primary amides is 1. The molecule has 0 aliphatic heterocycles. The maximum Gasteiger partial charge on any atom is 0.252 e. The number of aromatic nitrogens is 2. The van der Waals surface area contributed by atoms with Crippen molar-refractivity contribution in [3.63, 3.8) is 0 Å². The third-order valence-electron chi connectivity index (χ3n) is 4.02. The van der Waals surface area contributed by atoms with Crippen LogP contribution in [0.2, 0.25) is 0 Å². The molecule has 146 valence electrons. The van der Waals surface area contributed by atoms with Gasteiger partial charge in [0.1, 0.15) is 5.82 Å². The second-order valence-corrected chi connectivity index (χ2v) is 6.08. The van der Waals surface area contributed by atoms with Crippen molar-refractivity contribution >= 4 is 34.1 Å². The summed E-state index contributed by atoms with van der Waals surface area (Å²) in [6.45, 7) is 2.23. The second-order valence-electron chi connectivity index (χ2n) is 6.08. The molecule has 8 nitrogen and oxygen atoms in total. The predicted molar refractivity (Wildman–Crippen MR) is 108 cm³/mol. The standard InChI is InChI=1S/C19H22FN7O/c20-15-11-14(17(22)28)18(27-19(15)25-9-8-23-7-5-21)26-13-3-4-16-12(10-13)2-1-6-24-16/h1-4,6,10-11,23H,5,7-9,21H2,(H2,22,28)(H2,25,26,27). The summed E-state index contributed by atoms with van der Waals surface area (Å²) in [6, 6.07) is 10.3. The molecule has 0 saturated carbocycles. The number of fused-ring (bicyclic) bond motifs is 1. The quantitative estimate of drug-likeness (QED) is 0.354. The lowest BCUT2D eigenvalue weighted by Crippen LogP contribution is -2.28. The zero-order chi connectivity index (χ0) is 19.9. The number of hydrogen-bond donors (Lipinski definition) is 5. The molecule has 0 spiro atoms. The van der Waals surface area contributed by atoms with Crippen LogP contribution in [0.15, 0.2) is 42.6 Å². The van der Waals surface area contributed by atoms with E-state index in [1.807, 2.05) is 24.3 Å². The van der Waals surface area contributed by atoms with Crippen LogP contribution in [0, 0.1) is 5.82 Å². The highest BCUT2D eigenvalue weighted by Crippen LogP contribution is 2.25. The van der Waals surface area contributed by atoms with E-state index < -0.39 is 11.7 Å². The highest BCUT2D eigenvalue weighted by atomic mass is 19.1. The SMILES string of the molecule is NCCNCCNc1nc(Nc2ccc3ncccc3c2)c(C(N)=O)cc1F. The van der Waals surface area contributed by atoms with Crippen LogP contribution in [0.5, 0.6) is 0 Å². The summed E-state index contributed by atoms with van der Waals surface area (Å²) in [7, 11) is 0. The van der Waals surface area contributed by atoms with Gasteiger partial charge in [-0.1, -0.05) is 6.07 Å². The molecule has 0 atom stereocenters. The molecular weight excluding hydrogens is 361 g/mol. The van der Waals surface area contributed by atoms with Crippen molar-refractivity contribution in [2.24, 2.45) is 11.5 Å². The van der Waals surface area contributed by atoms with Gasteiger partial charge in [-0.2, -0.15) is 0 Å². The van der Waals surface area contributed by atoms with E-state index in [1.165, 1.54) is 0 Å². The molecular formula is C19H22FN7O. The largest absolute Gasteiger partial charge is 0.366 e. The highest BCUT2D eigenvalue weighted by molar-refractivity contribution is 5.99. The number of nitrogens with one attached hydrogen (secondary N) is 3. The van der Waals surface area contributed by atoms with E-state index in [4.69, 9.17) is 11.5 Å². The zero-order valence-electron chi connectivity index (χ0n) is 15.2. The van der Waals surface area contributed by atoms with Crippen molar-refractivity contribution in [3.05, 3.63) is 54.0 Å². The van der Waals surface area contributed by atoms with E-state index in [9.17, 15) is 9.18 Å². The maximum absolute atomic E-state index is 14.3. The van der Waals surface area contributed by atoms with Crippen LogP contribution in [-0.2, 0) is 0 Å². The Hall–Kier alpha value is -3.30. The number of nitrogens with two attached hydrogens (primary N) is 2. The molecule has 1 amide bonds. The molecule has 1 aromatic carbocycles. The lowest BCUT2D eigenvalue weighted by Gasteiger charge is -2.14. The van der Waals surface area contributed by atoms with Crippen LogP contribution in [0.4, 0.5) is 21.7 Å². The average molecular weight is 383 g/mol. The summed E-state index contributed by atoms with van der Waals surface area (Å²) in [5.74, 6) is -1.22. The molecule has 0 fully saturated rings. The molecule has 0 radical (unpaired) electrons. The summed E-state index contributed by atoms with van der Waals surface area (Å²) in [5.41, 5.74) is 12.3. The molecule has 3 rings (SSSR count). The molecule has 0 bridgehead atoms. The van der Waals surface area contributed by atoms with Crippen LogP contribution in [-0.4, -0.2) is 42.1 Å². The van der Waals surface area contributed by atoms with Gasteiger partial charge in [-0.3, -0.25) is 9.78 Å². The van der Waals surface area contributed by atoms with Gasteiger partial charge in [0.25, 0.3) is 5.91 Å². The fourth-order valence-corrected chi connectivity index (χ4v) is 2.68. The molecule has 7 N–H and O–H groups in total. The second kappa shape index (κ2) is 9.07. The van der Waals surface area contributed by atoms with Crippen molar-refractivity contribution in [3.8, 4) is 0 Å². The molecule has 2 aromatic heterocycles. The van der Waals surface area contributed by atoms with Crippen LogP contribution < -0.4 is 27.4 Å². The lowest BCUT2D eigenvalue weighted by molar-refractivity contribution is 0.100. The van der Waals surface area contributed by atoms with Crippen LogP contribution in [0.1, 0.15) is 10.4 Å². The fourth-order valence-electron chi connectivity index (χ4n) is 2.68. The Morgan fingerprint density at radius 3 is 2.75 bits per heavy atom. The van der Waals surface area contributed by atoms with Gasteiger partial charge in [-0.25, -0.2) is 9.37 Å². The van der Waals surface area contributed by atoms with E-state index in [2.05, 4.69) is 25.9 Å². The van der Waals surface area contributed by atoms with Crippen LogP contribution in [0.3, 0.4) is 0 Å². The highest BCUT2D eigenvalue weighted by Gasteiger charge is 2.16.